The third-order valence-corrected chi connectivity index (χ3v) is 4.81. The molecule has 1 unspecified atom stereocenters. The highest BCUT2D eigenvalue weighted by atomic mass is 32.1. The summed E-state index contributed by atoms with van der Waals surface area (Å²) >= 11 is 1.77. The van der Waals surface area contributed by atoms with Gasteiger partial charge in [0.05, 0.1) is 11.2 Å². The lowest BCUT2D eigenvalue weighted by Gasteiger charge is -2.34. The minimum absolute atomic E-state index is 0.363. The van der Waals surface area contributed by atoms with E-state index in [1.165, 1.54) is 42.8 Å². The average molecular weight is 267 g/mol. The number of aryl methyl sites for hydroxylation is 1. The van der Waals surface area contributed by atoms with Crippen molar-refractivity contribution >= 4 is 11.3 Å². The second-order valence-electron chi connectivity index (χ2n) is 5.59. The van der Waals surface area contributed by atoms with E-state index in [1.807, 2.05) is 5.51 Å². The molecule has 1 aliphatic heterocycles. The summed E-state index contributed by atoms with van der Waals surface area (Å²) < 4.78 is 0. The lowest BCUT2D eigenvalue weighted by atomic mass is 9.91. The fourth-order valence-corrected chi connectivity index (χ4v) is 3.93. The van der Waals surface area contributed by atoms with Crippen molar-refractivity contribution in [3.63, 3.8) is 0 Å². The zero-order valence-electron chi connectivity index (χ0n) is 11.8. The van der Waals surface area contributed by atoms with Crippen LogP contribution in [0.2, 0.25) is 0 Å². The van der Waals surface area contributed by atoms with Gasteiger partial charge < -0.3 is 5.32 Å². The summed E-state index contributed by atoms with van der Waals surface area (Å²) in [6.07, 6.45) is 5.21. The van der Waals surface area contributed by atoms with Crippen LogP contribution in [0.25, 0.3) is 0 Å². The Balaban J connectivity index is 1.93. The van der Waals surface area contributed by atoms with Gasteiger partial charge >= 0.3 is 0 Å². The van der Waals surface area contributed by atoms with Crippen molar-refractivity contribution in [1.82, 2.24) is 15.2 Å². The van der Waals surface area contributed by atoms with Crippen molar-refractivity contribution in [1.29, 1.82) is 0 Å². The number of hydrogen-bond donors (Lipinski definition) is 1. The molecule has 1 N–H and O–H groups in total. The normalized spacial score (nSPS) is 24.0. The number of rotatable bonds is 6. The first-order chi connectivity index (χ1) is 8.65. The van der Waals surface area contributed by atoms with Gasteiger partial charge in [-0.05, 0) is 39.8 Å². The standard InChI is InChI=1S/C14H25N3S/c1-4-6-14(7-5-8-16-14)10-17(3)9-13-12(2)15-11-18-13/h11,16H,4-10H2,1-3H3. The van der Waals surface area contributed by atoms with Gasteiger partial charge in [-0.2, -0.15) is 0 Å². The summed E-state index contributed by atoms with van der Waals surface area (Å²) in [5.74, 6) is 0. The van der Waals surface area contributed by atoms with Crippen molar-refractivity contribution in [3.05, 3.63) is 16.1 Å². The second-order valence-corrected chi connectivity index (χ2v) is 6.53. The van der Waals surface area contributed by atoms with Crippen LogP contribution in [0.1, 0.15) is 43.2 Å². The molecule has 1 aromatic heterocycles. The van der Waals surface area contributed by atoms with Gasteiger partial charge in [-0.3, -0.25) is 4.90 Å². The van der Waals surface area contributed by atoms with E-state index in [-0.39, 0.29) is 0 Å². The Morgan fingerprint density at radius 2 is 2.39 bits per heavy atom. The lowest BCUT2D eigenvalue weighted by Crippen LogP contribution is -2.48. The van der Waals surface area contributed by atoms with Crippen LogP contribution in [0.4, 0.5) is 0 Å². The van der Waals surface area contributed by atoms with Gasteiger partial charge in [-0.1, -0.05) is 13.3 Å². The molecule has 0 saturated carbocycles. The van der Waals surface area contributed by atoms with Crippen molar-refractivity contribution in [2.24, 2.45) is 0 Å². The quantitative estimate of drug-likeness (QED) is 0.859. The van der Waals surface area contributed by atoms with Crippen molar-refractivity contribution < 1.29 is 0 Å². The maximum atomic E-state index is 4.33. The van der Waals surface area contributed by atoms with Crippen LogP contribution in [0.15, 0.2) is 5.51 Å². The lowest BCUT2D eigenvalue weighted by molar-refractivity contribution is 0.208. The van der Waals surface area contributed by atoms with E-state index in [0.717, 1.165) is 13.1 Å². The summed E-state index contributed by atoms with van der Waals surface area (Å²) in [5.41, 5.74) is 3.51. The highest BCUT2D eigenvalue weighted by molar-refractivity contribution is 7.09. The first-order valence-corrected chi connectivity index (χ1v) is 7.86. The fraction of sp³-hybridized carbons (Fsp3) is 0.786. The highest BCUT2D eigenvalue weighted by Gasteiger charge is 2.33. The Labute approximate surface area is 115 Å². The third-order valence-electron chi connectivity index (χ3n) is 3.89. The van der Waals surface area contributed by atoms with Crippen LogP contribution in [0, 0.1) is 6.92 Å². The molecule has 1 aliphatic rings. The van der Waals surface area contributed by atoms with E-state index in [0.29, 0.717) is 5.54 Å². The van der Waals surface area contributed by atoms with Crippen molar-refractivity contribution in [2.75, 3.05) is 20.1 Å². The Kier molecular flexibility index (Phi) is 4.76. The summed E-state index contributed by atoms with van der Waals surface area (Å²) in [6, 6.07) is 0. The number of aromatic nitrogens is 1. The maximum absolute atomic E-state index is 4.33. The minimum Gasteiger partial charge on any atom is -0.310 e. The van der Waals surface area contributed by atoms with E-state index in [9.17, 15) is 0 Å². The van der Waals surface area contributed by atoms with Crippen LogP contribution in [0.5, 0.6) is 0 Å². The molecule has 2 heterocycles. The number of nitrogens with zero attached hydrogens (tertiary/aromatic N) is 2. The molecular weight excluding hydrogens is 242 g/mol. The highest BCUT2D eigenvalue weighted by Crippen LogP contribution is 2.26. The van der Waals surface area contributed by atoms with Gasteiger partial charge in [0.15, 0.2) is 0 Å². The third kappa shape index (κ3) is 3.31. The maximum Gasteiger partial charge on any atom is 0.0798 e. The number of nitrogens with one attached hydrogen (secondary N) is 1. The summed E-state index contributed by atoms with van der Waals surface area (Å²) in [4.78, 5) is 8.19. The molecule has 0 radical (unpaired) electrons. The molecule has 1 saturated heterocycles. The van der Waals surface area contributed by atoms with Gasteiger partial charge in [-0.25, -0.2) is 4.98 Å². The second kappa shape index (κ2) is 6.13. The molecule has 0 spiro atoms. The molecule has 0 aliphatic carbocycles. The summed E-state index contributed by atoms with van der Waals surface area (Å²) in [7, 11) is 2.23. The van der Waals surface area contributed by atoms with Crippen LogP contribution in [0.3, 0.4) is 0 Å². The smallest absolute Gasteiger partial charge is 0.0798 e. The largest absolute Gasteiger partial charge is 0.310 e. The van der Waals surface area contributed by atoms with Gasteiger partial charge in [0.1, 0.15) is 0 Å². The van der Waals surface area contributed by atoms with E-state index >= 15 is 0 Å². The van der Waals surface area contributed by atoms with Gasteiger partial charge in [0, 0.05) is 23.5 Å². The van der Waals surface area contributed by atoms with Gasteiger partial charge in [-0.15, -0.1) is 11.3 Å². The molecule has 18 heavy (non-hydrogen) atoms. The number of likely N-dealkylation sites (N-methyl/N-ethyl adjacent to an activating group) is 1. The molecule has 2 rings (SSSR count). The van der Waals surface area contributed by atoms with Crippen molar-refractivity contribution in [2.45, 2.75) is 51.6 Å². The molecule has 0 aromatic carbocycles. The number of thiazole rings is 1. The molecule has 0 amide bonds. The van der Waals surface area contributed by atoms with Gasteiger partial charge in [0.2, 0.25) is 0 Å². The monoisotopic (exact) mass is 267 g/mol. The zero-order chi connectivity index (χ0) is 13.0. The van der Waals surface area contributed by atoms with Crippen molar-refractivity contribution in [3.8, 4) is 0 Å². The van der Waals surface area contributed by atoms with E-state index in [1.54, 1.807) is 11.3 Å². The van der Waals surface area contributed by atoms with Crippen LogP contribution in [-0.2, 0) is 6.54 Å². The minimum atomic E-state index is 0.363. The predicted molar refractivity (Wildman–Crippen MR) is 78.1 cm³/mol. The molecule has 102 valence electrons. The zero-order valence-corrected chi connectivity index (χ0v) is 12.6. The van der Waals surface area contributed by atoms with E-state index in [2.05, 4.69) is 36.1 Å². The van der Waals surface area contributed by atoms with Crippen LogP contribution < -0.4 is 5.32 Å². The summed E-state index contributed by atoms with van der Waals surface area (Å²) in [5, 5.41) is 3.74. The Bertz CT molecular complexity index is 369. The Morgan fingerprint density at radius 3 is 2.94 bits per heavy atom. The Morgan fingerprint density at radius 1 is 1.56 bits per heavy atom. The average Bonchev–Trinajstić information content (AvgIpc) is 2.90. The molecule has 1 fully saturated rings. The van der Waals surface area contributed by atoms with E-state index < -0.39 is 0 Å². The molecule has 4 heteroatoms. The molecule has 0 bridgehead atoms. The van der Waals surface area contributed by atoms with Gasteiger partial charge in [0.25, 0.3) is 0 Å². The summed E-state index contributed by atoms with van der Waals surface area (Å²) in [6.45, 7) is 7.76. The molecule has 1 atom stereocenters. The number of hydrogen-bond acceptors (Lipinski definition) is 4. The topological polar surface area (TPSA) is 28.2 Å². The van der Waals surface area contributed by atoms with Crippen LogP contribution >= 0.6 is 11.3 Å². The fourth-order valence-electron chi connectivity index (χ4n) is 3.07. The molecule has 3 nitrogen and oxygen atoms in total. The first kappa shape index (κ1) is 14.0. The van der Waals surface area contributed by atoms with Crippen LogP contribution in [-0.4, -0.2) is 35.6 Å². The first-order valence-electron chi connectivity index (χ1n) is 6.98. The Hall–Kier alpha value is -0.450. The molecular formula is C14H25N3S. The predicted octanol–water partition coefficient (Wildman–Crippen LogP) is 2.81. The SMILES string of the molecule is CCCC1(CN(C)Cc2scnc2C)CCCN1. The molecule has 1 aromatic rings. The van der Waals surface area contributed by atoms with E-state index in [4.69, 9.17) is 0 Å².